The number of para-hydroxylation sites is 1. The molecule has 1 atom stereocenters. The monoisotopic (exact) mass is 364 g/mol. The lowest BCUT2D eigenvalue weighted by Gasteiger charge is -2.29. The van der Waals surface area contributed by atoms with Crippen LogP contribution in [0.4, 0.5) is 0 Å². The number of methoxy groups -OCH3 is 1. The van der Waals surface area contributed by atoms with E-state index in [1.807, 2.05) is 53.4 Å². The van der Waals surface area contributed by atoms with Crippen LogP contribution in [0.2, 0.25) is 0 Å². The first-order valence-corrected chi connectivity index (χ1v) is 9.41. The fraction of sp³-hybridized carbons (Fsp3) is 0.364. The van der Waals surface area contributed by atoms with Gasteiger partial charge in [0.15, 0.2) is 5.58 Å². The first-order valence-electron chi connectivity index (χ1n) is 9.41. The molecule has 1 aromatic heterocycles. The van der Waals surface area contributed by atoms with Crippen LogP contribution < -0.4 is 4.74 Å². The Morgan fingerprint density at radius 1 is 1.22 bits per heavy atom. The number of carbonyl (C=O) groups is 1. The van der Waals surface area contributed by atoms with Crippen LogP contribution in [0.1, 0.15) is 31.0 Å². The lowest BCUT2D eigenvalue weighted by molar-refractivity contribution is -0.133. The molecule has 5 heteroatoms. The Morgan fingerprint density at radius 3 is 2.67 bits per heavy atom. The molecule has 0 N–H and O–H groups in total. The van der Waals surface area contributed by atoms with Gasteiger partial charge >= 0.3 is 0 Å². The summed E-state index contributed by atoms with van der Waals surface area (Å²) < 4.78 is 10.6. The summed E-state index contributed by atoms with van der Waals surface area (Å²) in [6, 6.07) is 15.8. The minimum atomic E-state index is 0.0873. The summed E-state index contributed by atoms with van der Waals surface area (Å²) in [6.45, 7) is 2.75. The van der Waals surface area contributed by atoms with Crippen LogP contribution in [-0.4, -0.2) is 29.1 Å². The van der Waals surface area contributed by atoms with Gasteiger partial charge in [-0.05, 0) is 55.5 Å². The van der Waals surface area contributed by atoms with Crippen molar-refractivity contribution in [3.8, 4) is 5.75 Å². The van der Waals surface area contributed by atoms with Crippen LogP contribution in [0.15, 0.2) is 53.1 Å². The van der Waals surface area contributed by atoms with Crippen molar-refractivity contribution in [2.24, 2.45) is 5.92 Å². The van der Waals surface area contributed by atoms with E-state index >= 15 is 0 Å². The number of ether oxygens (including phenoxy) is 1. The minimum Gasteiger partial charge on any atom is -0.497 e. The number of fused-ring (bicyclic) bond motifs is 1. The number of hydrogen-bond acceptors (Lipinski definition) is 4. The fourth-order valence-corrected chi connectivity index (χ4v) is 3.53. The van der Waals surface area contributed by atoms with E-state index in [0.29, 0.717) is 18.2 Å². The largest absolute Gasteiger partial charge is 0.497 e. The molecule has 1 saturated carbocycles. The number of benzene rings is 2. The quantitative estimate of drug-likeness (QED) is 0.630. The Hall–Kier alpha value is -2.82. The summed E-state index contributed by atoms with van der Waals surface area (Å²) >= 11 is 0. The average molecular weight is 364 g/mol. The molecular formula is C22H24N2O3. The van der Waals surface area contributed by atoms with Crippen molar-refractivity contribution in [3.05, 3.63) is 59.8 Å². The molecule has 0 aliphatic heterocycles. The topological polar surface area (TPSA) is 55.6 Å². The van der Waals surface area contributed by atoms with Gasteiger partial charge in [-0.3, -0.25) is 4.79 Å². The van der Waals surface area contributed by atoms with Gasteiger partial charge in [-0.2, -0.15) is 0 Å². The van der Waals surface area contributed by atoms with Gasteiger partial charge in [-0.15, -0.1) is 0 Å². The summed E-state index contributed by atoms with van der Waals surface area (Å²) in [4.78, 5) is 15.2. The molecule has 0 spiro atoms. The Bertz CT molecular complexity index is 928. The highest BCUT2D eigenvalue weighted by Crippen LogP contribution is 2.36. The molecule has 140 valence electrons. The van der Waals surface area contributed by atoms with Crippen molar-refractivity contribution in [2.45, 2.75) is 38.8 Å². The van der Waals surface area contributed by atoms with E-state index in [-0.39, 0.29) is 18.4 Å². The zero-order valence-electron chi connectivity index (χ0n) is 15.7. The summed E-state index contributed by atoms with van der Waals surface area (Å²) in [5.74, 6) is 1.51. The van der Waals surface area contributed by atoms with Gasteiger partial charge in [-0.25, -0.2) is 0 Å². The van der Waals surface area contributed by atoms with Crippen LogP contribution in [0.25, 0.3) is 11.0 Å². The van der Waals surface area contributed by atoms with Crippen molar-refractivity contribution in [2.75, 3.05) is 7.11 Å². The van der Waals surface area contributed by atoms with Gasteiger partial charge in [0.25, 0.3) is 0 Å². The second-order valence-electron chi connectivity index (χ2n) is 7.25. The smallest absolute Gasteiger partial charge is 0.229 e. The van der Waals surface area contributed by atoms with Crippen molar-refractivity contribution < 1.29 is 14.1 Å². The maximum Gasteiger partial charge on any atom is 0.229 e. The molecule has 1 fully saturated rings. The van der Waals surface area contributed by atoms with E-state index in [9.17, 15) is 4.79 Å². The van der Waals surface area contributed by atoms with Crippen LogP contribution in [0.5, 0.6) is 5.75 Å². The zero-order valence-corrected chi connectivity index (χ0v) is 15.7. The van der Waals surface area contributed by atoms with Crippen molar-refractivity contribution in [3.63, 3.8) is 0 Å². The van der Waals surface area contributed by atoms with Gasteiger partial charge in [0, 0.05) is 18.0 Å². The van der Waals surface area contributed by atoms with E-state index in [4.69, 9.17) is 9.26 Å². The van der Waals surface area contributed by atoms with Crippen molar-refractivity contribution in [1.82, 2.24) is 10.1 Å². The minimum absolute atomic E-state index is 0.0873. The Morgan fingerprint density at radius 2 is 1.96 bits per heavy atom. The summed E-state index contributed by atoms with van der Waals surface area (Å²) in [5.41, 5.74) is 2.53. The third-order valence-corrected chi connectivity index (χ3v) is 5.40. The SMILES string of the molecule is COc1ccc(CN(C(=O)Cc2noc3ccccc23)C(C)C2CC2)cc1. The highest BCUT2D eigenvalue weighted by atomic mass is 16.5. The first-order chi connectivity index (χ1) is 13.2. The van der Waals surface area contributed by atoms with Gasteiger partial charge in [0.05, 0.1) is 13.5 Å². The second kappa shape index (κ2) is 7.43. The number of amides is 1. The Kier molecular flexibility index (Phi) is 4.84. The predicted molar refractivity (Wildman–Crippen MR) is 103 cm³/mol. The van der Waals surface area contributed by atoms with Crippen LogP contribution in [0, 0.1) is 5.92 Å². The van der Waals surface area contributed by atoms with E-state index < -0.39 is 0 Å². The van der Waals surface area contributed by atoms with Crippen LogP contribution >= 0.6 is 0 Å². The Labute approximate surface area is 158 Å². The molecule has 0 saturated heterocycles. The summed E-state index contributed by atoms with van der Waals surface area (Å²) in [6.07, 6.45) is 2.64. The third-order valence-electron chi connectivity index (χ3n) is 5.40. The summed E-state index contributed by atoms with van der Waals surface area (Å²) in [5, 5.41) is 5.04. The molecular weight excluding hydrogens is 340 g/mol. The van der Waals surface area contributed by atoms with E-state index in [2.05, 4.69) is 12.1 Å². The standard InChI is InChI=1S/C22H24N2O3/c1-15(17-9-10-17)24(14-16-7-11-18(26-2)12-8-16)22(25)13-20-19-5-3-4-6-21(19)27-23-20/h3-8,11-12,15,17H,9-10,13-14H2,1-2H3. The normalized spacial score (nSPS) is 14.9. The fourth-order valence-electron chi connectivity index (χ4n) is 3.53. The number of nitrogens with zero attached hydrogens (tertiary/aromatic N) is 2. The predicted octanol–water partition coefficient (Wildman–Crippen LogP) is 4.21. The molecule has 0 bridgehead atoms. The highest BCUT2D eigenvalue weighted by molar-refractivity contribution is 5.86. The number of hydrogen-bond donors (Lipinski definition) is 0. The molecule has 1 aliphatic carbocycles. The second-order valence-corrected chi connectivity index (χ2v) is 7.25. The maximum atomic E-state index is 13.2. The molecule has 2 aromatic carbocycles. The molecule has 27 heavy (non-hydrogen) atoms. The molecule has 5 nitrogen and oxygen atoms in total. The summed E-state index contributed by atoms with van der Waals surface area (Å²) in [7, 11) is 1.65. The molecule has 3 aromatic rings. The van der Waals surface area contributed by atoms with Crippen LogP contribution in [0.3, 0.4) is 0 Å². The van der Waals surface area contributed by atoms with E-state index in [0.717, 1.165) is 22.3 Å². The van der Waals surface area contributed by atoms with Gasteiger partial charge in [-0.1, -0.05) is 29.4 Å². The Balaban J connectivity index is 1.54. The highest BCUT2D eigenvalue weighted by Gasteiger charge is 2.34. The molecule has 0 radical (unpaired) electrons. The first kappa shape index (κ1) is 17.6. The molecule has 1 unspecified atom stereocenters. The lowest BCUT2D eigenvalue weighted by atomic mass is 10.1. The molecule has 1 heterocycles. The average Bonchev–Trinajstić information content (AvgIpc) is 3.48. The number of rotatable bonds is 7. The van der Waals surface area contributed by atoms with Crippen molar-refractivity contribution >= 4 is 16.9 Å². The molecule has 1 aliphatic rings. The van der Waals surface area contributed by atoms with Gasteiger partial charge in [0.1, 0.15) is 11.4 Å². The number of carbonyl (C=O) groups excluding carboxylic acids is 1. The number of aromatic nitrogens is 1. The van der Waals surface area contributed by atoms with Crippen molar-refractivity contribution in [1.29, 1.82) is 0 Å². The molecule has 4 rings (SSSR count). The van der Waals surface area contributed by atoms with Crippen LogP contribution in [-0.2, 0) is 17.8 Å². The lowest BCUT2D eigenvalue weighted by Crippen LogP contribution is -2.40. The van der Waals surface area contributed by atoms with Gasteiger partial charge < -0.3 is 14.2 Å². The molecule has 1 amide bonds. The van der Waals surface area contributed by atoms with Gasteiger partial charge in [0.2, 0.25) is 5.91 Å². The third kappa shape index (κ3) is 3.82. The van der Waals surface area contributed by atoms with E-state index in [1.165, 1.54) is 12.8 Å². The maximum absolute atomic E-state index is 13.2. The zero-order chi connectivity index (χ0) is 18.8. The van der Waals surface area contributed by atoms with E-state index in [1.54, 1.807) is 7.11 Å².